The molecule has 0 radical (unpaired) electrons. The normalized spacial score (nSPS) is 11.2. The van der Waals surface area contributed by atoms with Crippen LogP contribution < -0.4 is 0 Å². The second kappa shape index (κ2) is 3.58. The van der Waals surface area contributed by atoms with Crippen LogP contribution in [-0.2, 0) is 0 Å². The Hall–Kier alpha value is -1.35. The van der Waals surface area contributed by atoms with Crippen molar-refractivity contribution in [2.45, 2.75) is 6.92 Å². The summed E-state index contributed by atoms with van der Waals surface area (Å²) >= 11 is 1.74. The Morgan fingerprint density at radius 1 is 1.46 bits per heavy atom. The van der Waals surface area contributed by atoms with E-state index in [-0.39, 0.29) is 0 Å². The van der Waals surface area contributed by atoms with Gasteiger partial charge in [-0.2, -0.15) is 0 Å². The molecule has 2 aromatic rings. The van der Waals surface area contributed by atoms with Gasteiger partial charge in [0.1, 0.15) is 5.82 Å². The molecule has 66 valence electrons. The van der Waals surface area contributed by atoms with Crippen molar-refractivity contribution in [3.05, 3.63) is 40.1 Å². The SMILES string of the molecule is Cc1ccsc1/C=C/c1ncc[nH]1. The number of imidazole rings is 1. The minimum Gasteiger partial charge on any atom is -0.345 e. The second-order valence-electron chi connectivity index (χ2n) is 2.78. The summed E-state index contributed by atoms with van der Waals surface area (Å²) in [5.41, 5.74) is 1.31. The molecule has 0 unspecified atom stereocenters. The molecule has 0 fully saturated rings. The number of aromatic nitrogens is 2. The van der Waals surface area contributed by atoms with Crippen LogP contribution in [0.3, 0.4) is 0 Å². The van der Waals surface area contributed by atoms with Crippen molar-refractivity contribution >= 4 is 23.5 Å². The Morgan fingerprint density at radius 3 is 3.00 bits per heavy atom. The van der Waals surface area contributed by atoms with Gasteiger partial charge in [0.2, 0.25) is 0 Å². The fraction of sp³-hybridized carbons (Fsp3) is 0.100. The summed E-state index contributed by atoms with van der Waals surface area (Å²) in [4.78, 5) is 8.42. The first-order valence-electron chi connectivity index (χ1n) is 4.08. The monoisotopic (exact) mass is 190 g/mol. The fourth-order valence-electron chi connectivity index (χ4n) is 1.08. The largest absolute Gasteiger partial charge is 0.345 e. The van der Waals surface area contributed by atoms with Crippen molar-refractivity contribution in [1.29, 1.82) is 0 Å². The number of hydrogen-bond acceptors (Lipinski definition) is 2. The summed E-state index contributed by atoms with van der Waals surface area (Å²) in [5.74, 6) is 0.896. The third-order valence-corrected chi connectivity index (χ3v) is 2.80. The summed E-state index contributed by atoms with van der Waals surface area (Å²) in [7, 11) is 0. The number of rotatable bonds is 2. The zero-order valence-electron chi connectivity index (χ0n) is 7.32. The predicted molar refractivity (Wildman–Crippen MR) is 56.6 cm³/mol. The molecule has 0 aliphatic rings. The van der Waals surface area contributed by atoms with Crippen LogP contribution in [0.25, 0.3) is 12.2 Å². The molecule has 0 amide bonds. The topological polar surface area (TPSA) is 28.7 Å². The molecule has 2 heterocycles. The molecule has 0 aromatic carbocycles. The Labute approximate surface area is 81.0 Å². The van der Waals surface area contributed by atoms with Gasteiger partial charge in [0.15, 0.2) is 0 Å². The van der Waals surface area contributed by atoms with Crippen LogP contribution in [0.4, 0.5) is 0 Å². The van der Waals surface area contributed by atoms with Crippen LogP contribution in [0.2, 0.25) is 0 Å². The molecular weight excluding hydrogens is 180 g/mol. The molecule has 3 heteroatoms. The van der Waals surface area contributed by atoms with Crippen LogP contribution in [-0.4, -0.2) is 9.97 Å². The number of nitrogens with one attached hydrogen (secondary N) is 1. The van der Waals surface area contributed by atoms with Gasteiger partial charge in [-0.25, -0.2) is 4.98 Å². The molecular formula is C10H10N2S. The first kappa shape index (κ1) is 8.26. The summed E-state index contributed by atoms with van der Waals surface area (Å²) in [6.45, 7) is 2.11. The van der Waals surface area contributed by atoms with Crippen molar-refractivity contribution in [1.82, 2.24) is 9.97 Å². The molecule has 0 atom stereocenters. The highest BCUT2D eigenvalue weighted by atomic mass is 32.1. The van der Waals surface area contributed by atoms with Gasteiger partial charge >= 0.3 is 0 Å². The van der Waals surface area contributed by atoms with Gasteiger partial charge < -0.3 is 4.98 Å². The van der Waals surface area contributed by atoms with E-state index in [1.807, 2.05) is 12.3 Å². The predicted octanol–water partition coefficient (Wildman–Crippen LogP) is 2.95. The fourth-order valence-corrected chi connectivity index (χ4v) is 1.90. The molecule has 2 rings (SSSR count). The van der Waals surface area contributed by atoms with Crippen molar-refractivity contribution in [2.24, 2.45) is 0 Å². The van der Waals surface area contributed by atoms with E-state index in [9.17, 15) is 0 Å². The zero-order chi connectivity index (χ0) is 9.10. The van der Waals surface area contributed by atoms with E-state index in [1.165, 1.54) is 10.4 Å². The number of aryl methyl sites for hydroxylation is 1. The summed E-state index contributed by atoms with van der Waals surface area (Å²) in [6, 6.07) is 2.12. The molecule has 2 nitrogen and oxygen atoms in total. The molecule has 0 spiro atoms. The van der Waals surface area contributed by atoms with E-state index in [2.05, 4.69) is 34.4 Å². The Kier molecular flexibility index (Phi) is 2.27. The third kappa shape index (κ3) is 1.87. The van der Waals surface area contributed by atoms with Crippen LogP contribution in [0.15, 0.2) is 23.8 Å². The Bertz CT molecular complexity index is 398. The Morgan fingerprint density at radius 2 is 2.38 bits per heavy atom. The van der Waals surface area contributed by atoms with Crippen LogP contribution in [0.5, 0.6) is 0 Å². The van der Waals surface area contributed by atoms with Gasteiger partial charge in [-0.1, -0.05) is 0 Å². The maximum absolute atomic E-state index is 4.11. The smallest absolute Gasteiger partial charge is 0.129 e. The van der Waals surface area contributed by atoms with Crippen molar-refractivity contribution in [2.75, 3.05) is 0 Å². The number of hydrogen-bond donors (Lipinski definition) is 1. The lowest BCUT2D eigenvalue weighted by molar-refractivity contribution is 1.27. The van der Waals surface area contributed by atoms with Crippen molar-refractivity contribution < 1.29 is 0 Å². The van der Waals surface area contributed by atoms with Gasteiger partial charge in [0.25, 0.3) is 0 Å². The van der Waals surface area contributed by atoms with Crippen LogP contribution in [0.1, 0.15) is 16.3 Å². The van der Waals surface area contributed by atoms with E-state index < -0.39 is 0 Å². The van der Waals surface area contributed by atoms with Gasteiger partial charge in [-0.3, -0.25) is 0 Å². The van der Waals surface area contributed by atoms with Crippen LogP contribution in [0, 0.1) is 6.92 Å². The number of nitrogens with zero attached hydrogens (tertiary/aromatic N) is 1. The zero-order valence-corrected chi connectivity index (χ0v) is 8.14. The first-order chi connectivity index (χ1) is 6.36. The molecule has 13 heavy (non-hydrogen) atoms. The molecule has 1 N–H and O–H groups in total. The quantitative estimate of drug-likeness (QED) is 0.775. The van der Waals surface area contributed by atoms with E-state index in [1.54, 1.807) is 17.5 Å². The van der Waals surface area contributed by atoms with Gasteiger partial charge in [0.05, 0.1) is 0 Å². The number of aromatic amines is 1. The highest BCUT2D eigenvalue weighted by Crippen LogP contribution is 2.17. The third-order valence-electron chi connectivity index (χ3n) is 1.81. The second-order valence-corrected chi connectivity index (χ2v) is 3.72. The molecule has 2 aromatic heterocycles. The van der Waals surface area contributed by atoms with Crippen molar-refractivity contribution in [3.8, 4) is 0 Å². The molecule has 0 aliphatic carbocycles. The van der Waals surface area contributed by atoms with Crippen LogP contribution >= 0.6 is 11.3 Å². The lowest BCUT2D eigenvalue weighted by Crippen LogP contribution is -1.73. The average Bonchev–Trinajstić information content (AvgIpc) is 2.72. The lowest BCUT2D eigenvalue weighted by Gasteiger charge is -1.87. The minimum atomic E-state index is 0.896. The average molecular weight is 190 g/mol. The van der Waals surface area contributed by atoms with E-state index in [4.69, 9.17) is 0 Å². The molecule has 0 saturated heterocycles. The number of thiophene rings is 1. The van der Waals surface area contributed by atoms with E-state index in [0.717, 1.165) is 5.82 Å². The number of H-pyrrole nitrogens is 1. The first-order valence-corrected chi connectivity index (χ1v) is 4.96. The Balaban J connectivity index is 2.19. The summed E-state index contributed by atoms with van der Waals surface area (Å²) in [6.07, 6.45) is 7.64. The van der Waals surface area contributed by atoms with Gasteiger partial charge in [0, 0.05) is 17.3 Å². The maximum atomic E-state index is 4.11. The summed E-state index contributed by atoms with van der Waals surface area (Å²) < 4.78 is 0. The van der Waals surface area contributed by atoms with Gasteiger partial charge in [-0.15, -0.1) is 11.3 Å². The minimum absolute atomic E-state index is 0.896. The highest BCUT2D eigenvalue weighted by molar-refractivity contribution is 7.11. The lowest BCUT2D eigenvalue weighted by atomic mass is 10.3. The van der Waals surface area contributed by atoms with Crippen molar-refractivity contribution in [3.63, 3.8) is 0 Å². The maximum Gasteiger partial charge on any atom is 0.129 e. The van der Waals surface area contributed by atoms with E-state index in [0.29, 0.717) is 0 Å². The molecule has 0 aliphatic heterocycles. The summed E-state index contributed by atoms with van der Waals surface area (Å²) in [5, 5.41) is 2.09. The van der Waals surface area contributed by atoms with Gasteiger partial charge in [-0.05, 0) is 36.1 Å². The standard InChI is InChI=1S/C10H10N2S/c1-8-4-7-13-9(8)2-3-10-11-5-6-12-10/h2-7H,1H3,(H,11,12)/b3-2+. The molecule has 0 saturated carbocycles. The molecule has 0 bridgehead atoms. The highest BCUT2D eigenvalue weighted by Gasteiger charge is 1.94. The van der Waals surface area contributed by atoms with E-state index >= 15 is 0 Å².